The van der Waals surface area contributed by atoms with Crippen molar-refractivity contribution in [2.75, 3.05) is 45.8 Å². The summed E-state index contributed by atoms with van der Waals surface area (Å²) in [6.45, 7) is 7.18. The predicted molar refractivity (Wildman–Crippen MR) is 167 cm³/mol. The lowest BCUT2D eigenvalue weighted by Crippen LogP contribution is -2.76. The summed E-state index contributed by atoms with van der Waals surface area (Å²) in [5.41, 5.74) is 2.87. The molecule has 2 saturated heterocycles. The third kappa shape index (κ3) is 6.99. The van der Waals surface area contributed by atoms with E-state index in [1.807, 2.05) is 84.8 Å². The number of nitrogens with one attached hydrogen (secondary N) is 1. The van der Waals surface area contributed by atoms with E-state index in [9.17, 15) is 14.4 Å². The van der Waals surface area contributed by atoms with Crippen LogP contribution in [0.3, 0.4) is 0 Å². The molecular formula is C32H41N5O4S. The number of nitrogens with zero attached hydrogens (tertiary/aromatic N) is 4. The molecule has 0 bridgehead atoms. The van der Waals surface area contributed by atoms with Crippen molar-refractivity contribution < 1.29 is 19.1 Å². The van der Waals surface area contributed by atoms with Crippen LogP contribution in [0.1, 0.15) is 30.4 Å². The van der Waals surface area contributed by atoms with Gasteiger partial charge in [-0.3, -0.25) is 9.59 Å². The first-order valence-corrected chi connectivity index (χ1v) is 15.5. The van der Waals surface area contributed by atoms with Gasteiger partial charge in [0.25, 0.3) is 0 Å². The SMILES string of the molecule is C=C(/C=C\C)C(CN1C[C@H]2N(C(=O)CN(C)N2C(=O)NCc2ccc(OC)cc2)[C@@H](CCSC)C1=O)c1ccccc1. The number of likely N-dealkylation sites (N-methyl/N-ethyl adjacent to an activating group) is 1. The molecule has 224 valence electrons. The van der Waals surface area contributed by atoms with Gasteiger partial charge in [0.1, 0.15) is 18.0 Å². The summed E-state index contributed by atoms with van der Waals surface area (Å²) in [4.78, 5) is 44.6. The molecule has 2 aliphatic rings. The maximum Gasteiger partial charge on any atom is 0.334 e. The monoisotopic (exact) mass is 591 g/mol. The Hall–Kier alpha value is -3.76. The number of piperazine rings is 1. The van der Waals surface area contributed by atoms with Gasteiger partial charge in [-0.25, -0.2) is 14.8 Å². The fourth-order valence-electron chi connectivity index (χ4n) is 5.65. The normalized spacial score (nSPS) is 20.0. The highest BCUT2D eigenvalue weighted by Crippen LogP contribution is 2.32. The van der Waals surface area contributed by atoms with Crippen molar-refractivity contribution in [3.8, 4) is 5.75 Å². The molecule has 1 N–H and O–H groups in total. The Bertz CT molecular complexity index is 1290. The highest BCUT2D eigenvalue weighted by Gasteiger charge is 2.50. The number of rotatable bonds is 11. The van der Waals surface area contributed by atoms with Crippen molar-refractivity contribution in [2.24, 2.45) is 0 Å². The highest BCUT2D eigenvalue weighted by molar-refractivity contribution is 7.98. The third-order valence-electron chi connectivity index (χ3n) is 7.78. The molecule has 0 aliphatic carbocycles. The van der Waals surface area contributed by atoms with Crippen LogP contribution < -0.4 is 10.1 Å². The van der Waals surface area contributed by atoms with Crippen LogP contribution in [0.4, 0.5) is 4.79 Å². The molecule has 2 aromatic carbocycles. The molecular weight excluding hydrogens is 550 g/mol. The van der Waals surface area contributed by atoms with Gasteiger partial charge in [-0.05, 0) is 54.2 Å². The first-order chi connectivity index (χ1) is 20.3. The lowest BCUT2D eigenvalue weighted by molar-refractivity contribution is -0.187. The minimum absolute atomic E-state index is 0.0141. The van der Waals surface area contributed by atoms with E-state index in [4.69, 9.17) is 4.74 Å². The molecule has 0 aromatic heterocycles. The molecule has 10 heteroatoms. The van der Waals surface area contributed by atoms with Crippen molar-refractivity contribution in [3.63, 3.8) is 0 Å². The third-order valence-corrected chi connectivity index (χ3v) is 8.42. The van der Waals surface area contributed by atoms with Gasteiger partial charge in [0.15, 0.2) is 0 Å². The van der Waals surface area contributed by atoms with Gasteiger partial charge in [-0.1, -0.05) is 61.2 Å². The highest BCUT2D eigenvalue weighted by atomic mass is 32.2. The first-order valence-electron chi connectivity index (χ1n) is 14.1. The topological polar surface area (TPSA) is 85.4 Å². The molecule has 3 atom stereocenters. The summed E-state index contributed by atoms with van der Waals surface area (Å²) in [7, 11) is 3.35. The van der Waals surface area contributed by atoms with Gasteiger partial charge in [-0.15, -0.1) is 0 Å². The number of thioether (sulfide) groups is 1. The van der Waals surface area contributed by atoms with Gasteiger partial charge < -0.3 is 19.9 Å². The molecule has 1 unspecified atom stereocenters. The molecule has 2 heterocycles. The summed E-state index contributed by atoms with van der Waals surface area (Å²) in [5.74, 6) is 1.08. The number of methoxy groups -OCH3 is 1. The average molecular weight is 592 g/mol. The second kappa shape index (κ2) is 14.4. The molecule has 42 heavy (non-hydrogen) atoms. The zero-order valence-corrected chi connectivity index (χ0v) is 25.7. The fraction of sp³-hybridized carbons (Fsp3) is 0.406. The lowest BCUT2D eigenvalue weighted by Gasteiger charge is -2.54. The first kappa shape index (κ1) is 31.2. The number of benzene rings is 2. The molecule has 2 aromatic rings. The number of urea groups is 1. The van der Waals surface area contributed by atoms with Gasteiger partial charge >= 0.3 is 6.03 Å². The van der Waals surface area contributed by atoms with E-state index in [1.165, 1.54) is 0 Å². The Balaban J connectivity index is 1.63. The number of carbonyl (C=O) groups is 3. The molecule has 9 nitrogen and oxygen atoms in total. The van der Waals surface area contributed by atoms with E-state index in [0.29, 0.717) is 25.3 Å². The fourth-order valence-corrected chi connectivity index (χ4v) is 6.11. The molecule has 4 rings (SSSR count). The Morgan fingerprint density at radius 3 is 2.52 bits per heavy atom. The molecule has 2 fully saturated rings. The molecule has 0 spiro atoms. The summed E-state index contributed by atoms with van der Waals surface area (Å²) in [6.07, 6.45) is 5.78. The number of ether oxygens (including phenoxy) is 1. The minimum atomic E-state index is -0.652. The van der Waals surface area contributed by atoms with Crippen molar-refractivity contribution in [2.45, 2.75) is 38.0 Å². The van der Waals surface area contributed by atoms with Crippen molar-refractivity contribution >= 4 is 29.6 Å². The summed E-state index contributed by atoms with van der Waals surface area (Å²) in [6, 6.07) is 16.5. The standard InChI is InChI=1S/C32H41N5O4S/c1-6-10-23(2)27(25-11-8-7-9-12-25)20-35-21-29-36(28(31(35)39)17-18-42-5)30(38)22-34(3)37(29)32(40)33-19-24-13-15-26(41-4)16-14-24/h6-16,27-29H,2,17-22H2,1,3-5H3,(H,33,40)/b10-6-/t27?,28-,29-/m0/s1. The molecule has 2 aliphatic heterocycles. The number of hydrogen-bond donors (Lipinski definition) is 1. The van der Waals surface area contributed by atoms with Crippen LogP contribution in [0.2, 0.25) is 0 Å². The summed E-state index contributed by atoms with van der Waals surface area (Å²) < 4.78 is 5.23. The maximum atomic E-state index is 14.0. The molecule has 4 amide bonds. The van der Waals surface area contributed by atoms with Crippen molar-refractivity contribution in [1.29, 1.82) is 0 Å². The Kier molecular flexibility index (Phi) is 10.7. The zero-order chi connectivity index (χ0) is 30.2. The number of hydrazine groups is 1. The lowest BCUT2D eigenvalue weighted by atomic mass is 9.90. The summed E-state index contributed by atoms with van der Waals surface area (Å²) in [5, 5.41) is 6.25. The van der Waals surface area contributed by atoms with E-state index in [1.54, 1.807) is 40.8 Å². The Morgan fingerprint density at radius 1 is 1.17 bits per heavy atom. The quantitative estimate of drug-likeness (QED) is 0.396. The van der Waals surface area contributed by atoms with E-state index < -0.39 is 12.2 Å². The molecule has 0 saturated carbocycles. The predicted octanol–water partition coefficient (Wildman–Crippen LogP) is 4.10. The number of hydrogen-bond acceptors (Lipinski definition) is 6. The van der Waals surface area contributed by atoms with Gasteiger partial charge in [0.05, 0.1) is 20.2 Å². The number of carbonyl (C=O) groups excluding carboxylic acids is 3. The van der Waals surface area contributed by atoms with Crippen LogP contribution in [0.25, 0.3) is 0 Å². The number of allylic oxidation sites excluding steroid dienone is 2. The van der Waals surface area contributed by atoms with Crippen molar-refractivity contribution in [3.05, 3.63) is 90.0 Å². The van der Waals surface area contributed by atoms with E-state index in [-0.39, 0.29) is 36.9 Å². The minimum Gasteiger partial charge on any atom is -0.497 e. The smallest absolute Gasteiger partial charge is 0.334 e. The van der Waals surface area contributed by atoms with E-state index in [2.05, 4.69) is 11.9 Å². The van der Waals surface area contributed by atoms with Crippen LogP contribution in [0.5, 0.6) is 5.75 Å². The Labute approximate surface area is 253 Å². The van der Waals surface area contributed by atoms with Crippen LogP contribution in [0.15, 0.2) is 78.9 Å². The number of amides is 4. The van der Waals surface area contributed by atoms with Crippen molar-refractivity contribution in [1.82, 2.24) is 25.1 Å². The molecule has 0 radical (unpaired) electrons. The van der Waals surface area contributed by atoms with Crippen LogP contribution in [0, 0.1) is 0 Å². The van der Waals surface area contributed by atoms with Crippen LogP contribution >= 0.6 is 11.8 Å². The zero-order valence-electron chi connectivity index (χ0n) is 24.9. The second-order valence-electron chi connectivity index (χ2n) is 10.5. The average Bonchev–Trinajstić information content (AvgIpc) is 2.99. The summed E-state index contributed by atoms with van der Waals surface area (Å²) >= 11 is 1.63. The number of fused-ring (bicyclic) bond motifs is 1. The van der Waals surface area contributed by atoms with E-state index >= 15 is 0 Å². The largest absolute Gasteiger partial charge is 0.497 e. The Morgan fingerprint density at radius 2 is 1.88 bits per heavy atom. The van der Waals surface area contributed by atoms with Crippen LogP contribution in [-0.2, 0) is 16.1 Å². The maximum absolute atomic E-state index is 14.0. The van der Waals surface area contributed by atoms with Gasteiger partial charge in [0, 0.05) is 26.1 Å². The second-order valence-corrected chi connectivity index (χ2v) is 11.5. The van der Waals surface area contributed by atoms with Gasteiger partial charge in [0.2, 0.25) is 11.8 Å². The van der Waals surface area contributed by atoms with Crippen LogP contribution in [-0.4, -0.2) is 95.7 Å². The van der Waals surface area contributed by atoms with E-state index in [0.717, 1.165) is 22.4 Å². The van der Waals surface area contributed by atoms with Gasteiger partial charge in [-0.2, -0.15) is 11.8 Å².